The average Bonchev–Trinajstić information content (AvgIpc) is 3.25. The average molecular weight is 413 g/mol. The maximum Gasteiger partial charge on any atom is 0.420 e. The zero-order chi connectivity index (χ0) is 19.2. The smallest absolute Gasteiger partial charge is 0.420 e. The summed E-state index contributed by atoms with van der Waals surface area (Å²) >= 11 is 11.7. The van der Waals surface area contributed by atoms with Crippen molar-refractivity contribution < 1.29 is 17.9 Å². The highest BCUT2D eigenvalue weighted by Crippen LogP contribution is 2.41. The van der Waals surface area contributed by atoms with Crippen LogP contribution in [0.4, 0.5) is 13.2 Å². The maximum atomic E-state index is 13.5. The fourth-order valence-electron chi connectivity index (χ4n) is 2.50. The number of imidazole rings is 1. The molecule has 4 rings (SSSR count). The number of benzene rings is 2. The molecule has 27 heavy (non-hydrogen) atoms. The van der Waals surface area contributed by atoms with Crippen LogP contribution in [0, 0.1) is 0 Å². The van der Waals surface area contributed by atoms with Crippen molar-refractivity contribution in [3.63, 3.8) is 0 Å². The second kappa shape index (κ2) is 6.47. The first kappa shape index (κ1) is 17.7. The van der Waals surface area contributed by atoms with Gasteiger partial charge in [0.25, 0.3) is 0 Å². The largest absolute Gasteiger partial charge is 0.457 e. The minimum Gasteiger partial charge on any atom is -0.457 e. The van der Waals surface area contributed by atoms with E-state index in [-0.39, 0.29) is 27.3 Å². The molecule has 0 bridgehead atoms. The summed E-state index contributed by atoms with van der Waals surface area (Å²) in [4.78, 5) is 7.08. The molecule has 5 nitrogen and oxygen atoms in total. The van der Waals surface area contributed by atoms with Crippen LogP contribution in [-0.2, 0) is 6.18 Å². The highest BCUT2D eigenvalue weighted by molar-refractivity contribution is 6.42. The molecule has 0 spiro atoms. The Morgan fingerprint density at radius 2 is 1.89 bits per heavy atom. The van der Waals surface area contributed by atoms with E-state index in [0.717, 1.165) is 6.07 Å². The van der Waals surface area contributed by atoms with E-state index >= 15 is 0 Å². The molecule has 2 aromatic heterocycles. The van der Waals surface area contributed by atoms with Gasteiger partial charge in [0.2, 0.25) is 5.95 Å². The van der Waals surface area contributed by atoms with E-state index in [4.69, 9.17) is 27.9 Å². The van der Waals surface area contributed by atoms with Gasteiger partial charge in [0.05, 0.1) is 21.1 Å². The van der Waals surface area contributed by atoms with Gasteiger partial charge in [-0.1, -0.05) is 23.2 Å². The minimum absolute atomic E-state index is 0.122. The third kappa shape index (κ3) is 3.45. The first-order valence-electron chi connectivity index (χ1n) is 7.55. The molecule has 2 aromatic carbocycles. The van der Waals surface area contributed by atoms with Crippen LogP contribution in [0.3, 0.4) is 0 Å². The molecule has 0 atom stereocenters. The molecule has 0 radical (unpaired) electrons. The molecule has 2 heterocycles. The van der Waals surface area contributed by atoms with Crippen molar-refractivity contribution in [2.24, 2.45) is 0 Å². The van der Waals surface area contributed by atoms with Crippen LogP contribution in [0.25, 0.3) is 17.0 Å². The number of hydrogen-bond acceptors (Lipinski definition) is 3. The molecule has 0 saturated carbocycles. The Kier molecular flexibility index (Phi) is 4.24. The molecule has 0 amide bonds. The zero-order valence-corrected chi connectivity index (χ0v) is 14.8. The molecule has 4 aromatic rings. The van der Waals surface area contributed by atoms with Crippen LogP contribution in [0.1, 0.15) is 5.56 Å². The third-order valence-corrected chi connectivity index (χ3v) is 4.46. The molecule has 1 N–H and O–H groups in total. The molecular weight excluding hydrogens is 404 g/mol. The molecule has 10 heteroatoms. The van der Waals surface area contributed by atoms with E-state index in [2.05, 4.69) is 15.1 Å². The van der Waals surface area contributed by atoms with Gasteiger partial charge in [-0.15, -0.1) is 0 Å². The summed E-state index contributed by atoms with van der Waals surface area (Å²) in [5.74, 6) is 0.0128. The molecule has 0 aliphatic heterocycles. The van der Waals surface area contributed by atoms with Crippen molar-refractivity contribution in [1.29, 1.82) is 0 Å². The van der Waals surface area contributed by atoms with Crippen LogP contribution in [0.2, 0.25) is 10.0 Å². The van der Waals surface area contributed by atoms with Crippen LogP contribution < -0.4 is 4.74 Å². The van der Waals surface area contributed by atoms with Gasteiger partial charge in [-0.25, -0.2) is 9.67 Å². The zero-order valence-electron chi connectivity index (χ0n) is 13.3. The van der Waals surface area contributed by atoms with Gasteiger partial charge in [-0.05, 0) is 24.3 Å². The van der Waals surface area contributed by atoms with Gasteiger partial charge < -0.3 is 9.72 Å². The standard InChI is InChI=1S/C17H9Cl2F3N4O/c18-11-3-2-9(6-12(11)19)27-15-8-14-13(7-10(15)17(20,21)22)24-16(25-14)26-5-1-4-23-26/h1-8H,(H,24,25). The monoisotopic (exact) mass is 412 g/mol. The van der Waals surface area contributed by atoms with E-state index < -0.39 is 17.5 Å². The highest BCUT2D eigenvalue weighted by atomic mass is 35.5. The first-order chi connectivity index (χ1) is 12.8. The van der Waals surface area contributed by atoms with Gasteiger partial charge in [-0.2, -0.15) is 18.3 Å². The van der Waals surface area contributed by atoms with Crippen LogP contribution in [0.15, 0.2) is 48.8 Å². The Hall–Kier alpha value is -2.71. The van der Waals surface area contributed by atoms with Crippen molar-refractivity contribution in [3.05, 3.63) is 64.4 Å². The van der Waals surface area contributed by atoms with Crippen LogP contribution >= 0.6 is 23.2 Å². The number of aromatic amines is 1. The number of H-pyrrole nitrogens is 1. The Labute approximate surface area is 160 Å². The number of aromatic nitrogens is 4. The summed E-state index contributed by atoms with van der Waals surface area (Å²) in [7, 11) is 0. The summed E-state index contributed by atoms with van der Waals surface area (Å²) in [6, 6.07) is 8.04. The first-order valence-corrected chi connectivity index (χ1v) is 8.31. The number of hydrogen-bond donors (Lipinski definition) is 1. The second-order valence-corrected chi connectivity index (χ2v) is 6.37. The molecule has 0 unspecified atom stereocenters. The van der Waals surface area contributed by atoms with Gasteiger partial charge in [0.1, 0.15) is 17.1 Å². The lowest BCUT2D eigenvalue weighted by atomic mass is 10.1. The van der Waals surface area contributed by atoms with Gasteiger partial charge >= 0.3 is 6.18 Å². The van der Waals surface area contributed by atoms with Crippen LogP contribution in [-0.4, -0.2) is 19.7 Å². The number of halogens is 5. The predicted octanol–water partition coefficient (Wildman–Crippen LogP) is 5.87. The Morgan fingerprint density at radius 1 is 1.07 bits per heavy atom. The van der Waals surface area contributed by atoms with E-state index in [1.54, 1.807) is 12.3 Å². The van der Waals surface area contributed by atoms with Crippen molar-refractivity contribution in [3.8, 4) is 17.4 Å². The summed E-state index contributed by atoms with van der Waals surface area (Å²) in [6.45, 7) is 0. The van der Waals surface area contributed by atoms with Crippen molar-refractivity contribution >= 4 is 34.2 Å². The predicted molar refractivity (Wildman–Crippen MR) is 94.8 cm³/mol. The highest BCUT2D eigenvalue weighted by Gasteiger charge is 2.35. The topological polar surface area (TPSA) is 55.7 Å². The normalized spacial score (nSPS) is 11.9. The quantitative estimate of drug-likeness (QED) is 0.457. The Bertz CT molecular complexity index is 1120. The molecule has 138 valence electrons. The van der Waals surface area contributed by atoms with Crippen molar-refractivity contribution in [1.82, 2.24) is 19.7 Å². The minimum atomic E-state index is -4.63. The molecule has 0 saturated heterocycles. The Balaban J connectivity index is 1.82. The fraction of sp³-hybridized carbons (Fsp3) is 0.0588. The lowest BCUT2D eigenvalue weighted by molar-refractivity contribution is -0.138. The van der Waals surface area contributed by atoms with Crippen molar-refractivity contribution in [2.45, 2.75) is 6.18 Å². The van der Waals surface area contributed by atoms with Gasteiger partial charge in [0, 0.05) is 24.5 Å². The summed E-state index contributed by atoms with van der Waals surface area (Å²) in [6.07, 6.45) is -1.47. The third-order valence-electron chi connectivity index (χ3n) is 3.72. The van der Waals surface area contributed by atoms with Gasteiger partial charge in [-0.3, -0.25) is 0 Å². The lowest BCUT2D eigenvalue weighted by Crippen LogP contribution is -2.07. The number of ether oxygens (including phenoxy) is 1. The summed E-state index contributed by atoms with van der Waals surface area (Å²) in [5.41, 5.74) is -0.449. The maximum absolute atomic E-state index is 13.5. The number of rotatable bonds is 3. The number of nitrogens with one attached hydrogen (secondary N) is 1. The van der Waals surface area contributed by atoms with E-state index in [1.807, 2.05) is 0 Å². The molecular formula is C17H9Cl2F3N4O. The summed E-state index contributed by atoms with van der Waals surface area (Å²) < 4.78 is 47.4. The van der Waals surface area contributed by atoms with E-state index in [0.29, 0.717) is 5.52 Å². The van der Waals surface area contributed by atoms with Gasteiger partial charge in [0.15, 0.2) is 0 Å². The summed E-state index contributed by atoms with van der Waals surface area (Å²) in [5, 5.41) is 4.44. The SMILES string of the molecule is FC(F)(F)c1cc2[nH]c(-n3cccn3)nc2cc1Oc1ccc(Cl)c(Cl)c1. The number of fused-ring (bicyclic) bond motifs is 1. The lowest BCUT2D eigenvalue weighted by Gasteiger charge is -2.14. The Morgan fingerprint density at radius 3 is 2.56 bits per heavy atom. The molecule has 0 aliphatic rings. The van der Waals surface area contributed by atoms with E-state index in [9.17, 15) is 13.2 Å². The second-order valence-electron chi connectivity index (χ2n) is 5.55. The molecule has 0 aliphatic carbocycles. The number of nitrogens with zero attached hydrogens (tertiary/aromatic N) is 3. The van der Waals surface area contributed by atoms with Crippen LogP contribution in [0.5, 0.6) is 11.5 Å². The van der Waals surface area contributed by atoms with Crippen molar-refractivity contribution in [2.75, 3.05) is 0 Å². The number of alkyl halides is 3. The van der Waals surface area contributed by atoms with E-state index in [1.165, 1.54) is 35.1 Å². The molecule has 0 fully saturated rings. The fourth-order valence-corrected chi connectivity index (χ4v) is 2.79.